The fourth-order valence-corrected chi connectivity index (χ4v) is 4.03. The van der Waals surface area contributed by atoms with Gasteiger partial charge in [0, 0.05) is 12.1 Å². The van der Waals surface area contributed by atoms with Gasteiger partial charge in [0.25, 0.3) is 0 Å². The van der Waals surface area contributed by atoms with E-state index in [-0.39, 0.29) is 0 Å². The van der Waals surface area contributed by atoms with Crippen molar-refractivity contribution in [1.82, 2.24) is 4.90 Å². The maximum absolute atomic E-state index is 5.45. The van der Waals surface area contributed by atoms with Crippen molar-refractivity contribution in [2.45, 2.75) is 50.6 Å². The highest BCUT2D eigenvalue weighted by molar-refractivity contribution is 5.33. The number of aryl methyl sites for hydroxylation is 1. The molecule has 104 valence electrons. The van der Waals surface area contributed by atoms with Crippen molar-refractivity contribution in [2.75, 3.05) is 14.2 Å². The summed E-state index contributed by atoms with van der Waals surface area (Å²) < 4.78 is 5.45. The van der Waals surface area contributed by atoms with Gasteiger partial charge in [0.1, 0.15) is 5.75 Å². The third-order valence-corrected chi connectivity index (χ3v) is 5.21. The molecule has 1 aromatic rings. The second kappa shape index (κ2) is 5.54. The van der Waals surface area contributed by atoms with Crippen LogP contribution in [0.1, 0.15) is 37.7 Å². The van der Waals surface area contributed by atoms with E-state index in [1.54, 1.807) is 7.11 Å². The van der Waals surface area contributed by atoms with Crippen molar-refractivity contribution in [3.05, 3.63) is 29.8 Å². The van der Waals surface area contributed by atoms with Crippen molar-refractivity contribution >= 4 is 0 Å². The first kappa shape index (κ1) is 13.0. The number of benzene rings is 1. The average molecular weight is 259 g/mol. The van der Waals surface area contributed by atoms with Gasteiger partial charge in [0.05, 0.1) is 7.11 Å². The van der Waals surface area contributed by atoms with Crippen LogP contribution >= 0.6 is 0 Å². The molecule has 0 saturated carbocycles. The molecule has 0 aliphatic carbocycles. The number of fused-ring (bicyclic) bond motifs is 2. The Morgan fingerprint density at radius 2 is 1.84 bits per heavy atom. The molecule has 2 bridgehead atoms. The van der Waals surface area contributed by atoms with Crippen LogP contribution in [0.3, 0.4) is 0 Å². The lowest BCUT2D eigenvalue weighted by molar-refractivity contribution is 0.129. The summed E-state index contributed by atoms with van der Waals surface area (Å²) in [6.07, 6.45) is 8.14. The van der Waals surface area contributed by atoms with Crippen molar-refractivity contribution < 1.29 is 4.74 Å². The van der Waals surface area contributed by atoms with Crippen LogP contribution in [0.2, 0.25) is 0 Å². The van der Waals surface area contributed by atoms with Crippen LogP contribution in [0.15, 0.2) is 24.3 Å². The van der Waals surface area contributed by atoms with E-state index in [9.17, 15) is 0 Å². The Morgan fingerprint density at radius 3 is 2.53 bits per heavy atom. The van der Waals surface area contributed by atoms with Crippen molar-refractivity contribution in [3.8, 4) is 5.75 Å². The molecule has 2 heterocycles. The quantitative estimate of drug-likeness (QED) is 0.820. The van der Waals surface area contributed by atoms with Gasteiger partial charge >= 0.3 is 0 Å². The Bertz CT molecular complexity index is 417. The largest absolute Gasteiger partial charge is 0.496 e. The highest BCUT2D eigenvalue weighted by Gasteiger charge is 2.37. The Labute approximate surface area is 116 Å². The lowest BCUT2D eigenvalue weighted by Gasteiger charge is -2.36. The molecular formula is C17H25NO. The molecule has 0 amide bonds. The SMILES string of the molecule is COc1ccccc1CC[C@H]1C[C@H]2CC[C@@H](C1)N2C. The number of hydrogen-bond donors (Lipinski definition) is 0. The summed E-state index contributed by atoms with van der Waals surface area (Å²) in [4.78, 5) is 2.62. The standard InChI is InChI=1S/C17H25NO/c1-18-15-9-10-16(18)12-13(11-15)7-8-14-5-3-4-6-17(14)19-2/h3-6,13,15-16H,7-12H2,1-2H3/t13-,15+,16-. The van der Waals surface area contributed by atoms with E-state index in [1.807, 2.05) is 0 Å². The number of rotatable bonds is 4. The van der Waals surface area contributed by atoms with Crippen molar-refractivity contribution in [3.63, 3.8) is 0 Å². The fourth-order valence-electron chi connectivity index (χ4n) is 4.03. The number of ether oxygens (including phenoxy) is 1. The zero-order chi connectivity index (χ0) is 13.2. The predicted molar refractivity (Wildman–Crippen MR) is 78.6 cm³/mol. The second-order valence-electron chi connectivity index (χ2n) is 6.24. The Morgan fingerprint density at radius 1 is 1.16 bits per heavy atom. The summed E-state index contributed by atoms with van der Waals surface area (Å²) in [5.74, 6) is 1.97. The van der Waals surface area contributed by atoms with Crippen molar-refractivity contribution in [2.24, 2.45) is 5.92 Å². The average Bonchev–Trinajstić information content (AvgIpc) is 2.67. The number of para-hydroxylation sites is 1. The number of hydrogen-bond acceptors (Lipinski definition) is 2. The number of methoxy groups -OCH3 is 1. The van der Waals surface area contributed by atoms with Gasteiger partial charge in [-0.3, -0.25) is 0 Å². The molecule has 0 aromatic heterocycles. The van der Waals surface area contributed by atoms with Crippen LogP contribution < -0.4 is 4.74 Å². The highest BCUT2D eigenvalue weighted by Crippen LogP contribution is 2.39. The first-order valence-corrected chi connectivity index (χ1v) is 7.61. The van der Waals surface area contributed by atoms with E-state index in [0.29, 0.717) is 0 Å². The smallest absolute Gasteiger partial charge is 0.122 e. The zero-order valence-corrected chi connectivity index (χ0v) is 12.1. The second-order valence-corrected chi connectivity index (χ2v) is 6.24. The molecule has 2 fully saturated rings. The molecule has 2 heteroatoms. The zero-order valence-electron chi connectivity index (χ0n) is 12.1. The Kier molecular flexibility index (Phi) is 3.79. The van der Waals surface area contributed by atoms with E-state index in [1.165, 1.54) is 37.7 Å². The van der Waals surface area contributed by atoms with Gasteiger partial charge in [-0.1, -0.05) is 18.2 Å². The van der Waals surface area contributed by atoms with E-state index in [0.717, 1.165) is 30.2 Å². The fraction of sp³-hybridized carbons (Fsp3) is 0.647. The summed E-state index contributed by atoms with van der Waals surface area (Å²) in [7, 11) is 4.09. The Balaban J connectivity index is 1.58. The maximum Gasteiger partial charge on any atom is 0.122 e. The number of nitrogens with zero attached hydrogens (tertiary/aromatic N) is 1. The van der Waals surface area contributed by atoms with Crippen LogP contribution in [0.4, 0.5) is 0 Å². The molecule has 0 radical (unpaired) electrons. The maximum atomic E-state index is 5.45. The van der Waals surface area contributed by atoms with E-state index < -0.39 is 0 Å². The molecule has 2 aliphatic rings. The predicted octanol–water partition coefficient (Wildman–Crippen LogP) is 3.50. The van der Waals surface area contributed by atoms with E-state index >= 15 is 0 Å². The molecule has 0 spiro atoms. The third kappa shape index (κ3) is 2.64. The minimum atomic E-state index is 0.862. The highest BCUT2D eigenvalue weighted by atomic mass is 16.5. The lowest BCUT2D eigenvalue weighted by atomic mass is 9.86. The summed E-state index contributed by atoms with van der Waals surface area (Å²) in [5, 5.41) is 0. The summed E-state index contributed by atoms with van der Waals surface area (Å²) in [6.45, 7) is 0. The first-order chi connectivity index (χ1) is 9.28. The van der Waals surface area contributed by atoms with Gasteiger partial charge in [0.2, 0.25) is 0 Å². The number of piperidine rings is 1. The van der Waals surface area contributed by atoms with E-state index in [4.69, 9.17) is 4.74 Å². The molecule has 2 nitrogen and oxygen atoms in total. The molecule has 1 aromatic carbocycles. The van der Waals surface area contributed by atoms with Gasteiger partial charge in [-0.25, -0.2) is 0 Å². The van der Waals surface area contributed by atoms with Gasteiger partial charge in [-0.15, -0.1) is 0 Å². The van der Waals surface area contributed by atoms with Gasteiger partial charge in [-0.2, -0.15) is 0 Å². The molecule has 0 unspecified atom stereocenters. The van der Waals surface area contributed by atoms with Crippen LogP contribution in [0.25, 0.3) is 0 Å². The molecular weight excluding hydrogens is 234 g/mol. The minimum Gasteiger partial charge on any atom is -0.496 e. The molecule has 3 rings (SSSR count). The summed E-state index contributed by atoms with van der Waals surface area (Å²) in [5.41, 5.74) is 1.37. The summed E-state index contributed by atoms with van der Waals surface area (Å²) >= 11 is 0. The minimum absolute atomic E-state index is 0.862. The Hall–Kier alpha value is -1.02. The van der Waals surface area contributed by atoms with Crippen LogP contribution in [-0.4, -0.2) is 31.1 Å². The van der Waals surface area contributed by atoms with Crippen LogP contribution in [0, 0.1) is 5.92 Å². The van der Waals surface area contributed by atoms with Gasteiger partial charge in [0.15, 0.2) is 0 Å². The molecule has 3 atom stereocenters. The van der Waals surface area contributed by atoms with Crippen LogP contribution in [0.5, 0.6) is 5.75 Å². The normalized spacial score (nSPS) is 30.5. The monoisotopic (exact) mass is 259 g/mol. The van der Waals surface area contributed by atoms with Crippen LogP contribution in [-0.2, 0) is 6.42 Å². The topological polar surface area (TPSA) is 12.5 Å². The lowest BCUT2D eigenvalue weighted by Crippen LogP contribution is -2.39. The summed E-state index contributed by atoms with van der Waals surface area (Å²) in [6, 6.07) is 10.2. The molecule has 2 saturated heterocycles. The third-order valence-electron chi connectivity index (χ3n) is 5.21. The van der Waals surface area contributed by atoms with Crippen molar-refractivity contribution in [1.29, 1.82) is 0 Å². The van der Waals surface area contributed by atoms with Gasteiger partial charge in [-0.05, 0) is 63.1 Å². The van der Waals surface area contributed by atoms with Gasteiger partial charge < -0.3 is 9.64 Å². The molecule has 2 aliphatic heterocycles. The molecule has 0 N–H and O–H groups in total. The first-order valence-electron chi connectivity index (χ1n) is 7.61. The van der Waals surface area contributed by atoms with E-state index in [2.05, 4.69) is 36.2 Å². The molecule has 19 heavy (non-hydrogen) atoms.